The fourth-order valence-corrected chi connectivity index (χ4v) is 5.32. The van der Waals surface area contributed by atoms with Gasteiger partial charge in [0.25, 0.3) is 5.91 Å². The summed E-state index contributed by atoms with van der Waals surface area (Å²) in [5.74, 6) is -1.16. The quantitative estimate of drug-likeness (QED) is 0.541. The van der Waals surface area contributed by atoms with E-state index in [1.54, 1.807) is 11.0 Å². The molecule has 1 aliphatic carbocycles. The standard InChI is InChI=1S/C26H23N3O5S/c30-24(29-11-9-16(10-12-29)25(31)32)22-13-27-23(35-22)14-28-26(33)34-15-21-19-7-3-1-5-17(19)18-6-2-4-8-20(18)21/h1-9,13,21H,10-12,14-15H2,(H,28,33)(H,31,32). The number of benzene rings is 2. The Balaban J connectivity index is 1.15. The third-order valence-corrected chi connectivity index (χ3v) is 7.25. The molecule has 3 aromatic rings. The van der Waals surface area contributed by atoms with Gasteiger partial charge in [-0.3, -0.25) is 4.79 Å². The molecule has 35 heavy (non-hydrogen) atoms. The van der Waals surface area contributed by atoms with Gasteiger partial charge in [-0.05, 0) is 28.7 Å². The van der Waals surface area contributed by atoms with Crippen molar-refractivity contribution in [2.24, 2.45) is 0 Å². The molecule has 2 aliphatic rings. The van der Waals surface area contributed by atoms with Crippen molar-refractivity contribution in [3.8, 4) is 11.1 Å². The first-order valence-corrected chi connectivity index (χ1v) is 12.1. The normalized spacial score (nSPS) is 14.6. The number of aliphatic carboxylic acids is 1. The largest absolute Gasteiger partial charge is 0.478 e. The molecule has 8 nitrogen and oxygen atoms in total. The number of carbonyl (C=O) groups excluding carboxylic acids is 2. The van der Waals surface area contributed by atoms with E-state index in [-0.39, 0.29) is 31.5 Å². The monoisotopic (exact) mass is 489 g/mol. The van der Waals surface area contributed by atoms with Crippen LogP contribution < -0.4 is 5.32 Å². The van der Waals surface area contributed by atoms with Gasteiger partial charge in [-0.1, -0.05) is 54.6 Å². The van der Waals surface area contributed by atoms with E-state index >= 15 is 0 Å². The lowest BCUT2D eigenvalue weighted by Gasteiger charge is -2.24. The summed E-state index contributed by atoms with van der Waals surface area (Å²) in [4.78, 5) is 42.4. The molecule has 0 unspecified atom stereocenters. The summed E-state index contributed by atoms with van der Waals surface area (Å²) in [5.41, 5.74) is 4.95. The number of carboxylic acid groups (broad SMARTS) is 1. The second kappa shape index (κ2) is 9.71. The molecule has 2 N–H and O–H groups in total. The second-order valence-electron chi connectivity index (χ2n) is 8.33. The Kier molecular flexibility index (Phi) is 6.33. The van der Waals surface area contributed by atoms with Crippen LogP contribution in [0.25, 0.3) is 11.1 Å². The molecular weight excluding hydrogens is 466 g/mol. The van der Waals surface area contributed by atoms with E-state index in [4.69, 9.17) is 9.84 Å². The van der Waals surface area contributed by atoms with Gasteiger partial charge in [0.2, 0.25) is 0 Å². The third-order valence-electron chi connectivity index (χ3n) is 6.26. The highest BCUT2D eigenvalue weighted by Crippen LogP contribution is 2.44. The number of ether oxygens (including phenoxy) is 1. The molecule has 0 atom stereocenters. The van der Waals surface area contributed by atoms with Gasteiger partial charge >= 0.3 is 12.1 Å². The first kappa shape index (κ1) is 22.8. The average molecular weight is 490 g/mol. The lowest BCUT2D eigenvalue weighted by molar-refractivity contribution is -0.133. The van der Waals surface area contributed by atoms with Crippen molar-refractivity contribution >= 4 is 29.3 Å². The number of fused-ring (bicyclic) bond motifs is 3. The zero-order valence-electron chi connectivity index (χ0n) is 18.8. The summed E-state index contributed by atoms with van der Waals surface area (Å²) in [6.45, 7) is 0.980. The number of carbonyl (C=O) groups is 3. The SMILES string of the molecule is O=C(NCc1ncc(C(=O)N2CC=C(C(=O)O)CC2)s1)OCC1c2ccccc2-c2ccccc21. The lowest BCUT2D eigenvalue weighted by atomic mass is 9.98. The van der Waals surface area contributed by atoms with Crippen LogP contribution in [0.2, 0.25) is 0 Å². The molecule has 0 fully saturated rings. The van der Waals surface area contributed by atoms with Gasteiger partial charge in [-0.25, -0.2) is 14.6 Å². The maximum atomic E-state index is 12.7. The van der Waals surface area contributed by atoms with Crippen molar-refractivity contribution in [1.29, 1.82) is 0 Å². The Morgan fingerprint density at radius 3 is 2.40 bits per heavy atom. The maximum Gasteiger partial charge on any atom is 0.407 e. The number of nitrogens with zero attached hydrogens (tertiary/aromatic N) is 2. The van der Waals surface area contributed by atoms with Gasteiger partial charge in [-0.15, -0.1) is 11.3 Å². The highest BCUT2D eigenvalue weighted by Gasteiger charge is 2.29. The molecule has 1 aliphatic heterocycles. The average Bonchev–Trinajstić information content (AvgIpc) is 3.49. The third kappa shape index (κ3) is 4.67. The number of carboxylic acids is 1. The number of amides is 2. The second-order valence-corrected chi connectivity index (χ2v) is 9.45. The van der Waals surface area contributed by atoms with Crippen LogP contribution in [0.1, 0.15) is 38.1 Å². The van der Waals surface area contributed by atoms with Crippen molar-refractivity contribution in [2.45, 2.75) is 18.9 Å². The molecule has 178 valence electrons. The molecule has 0 saturated heterocycles. The summed E-state index contributed by atoms with van der Waals surface area (Å²) < 4.78 is 5.54. The molecule has 0 radical (unpaired) electrons. The molecule has 0 saturated carbocycles. The van der Waals surface area contributed by atoms with Crippen LogP contribution >= 0.6 is 11.3 Å². The van der Waals surface area contributed by atoms with Crippen LogP contribution in [0.15, 0.2) is 66.4 Å². The fourth-order valence-electron chi connectivity index (χ4n) is 4.49. The smallest absolute Gasteiger partial charge is 0.407 e. The van der Waals surface area contributed by atoms with Crippen LogP contribution in [0.4, 0.5) is 4.79 Å². The van der Waals surface area contributed by atoms with E-state index in [9.17, 15) is 14.4 Å². The minimum atomic E-state index is -0.948. The number of thiazole rings is 1. The predicted octanol–water partition coefficient (Wildman–Crippen LogP) is 4.04. The van der Waals surface area contributed by atoms with E-state index in [0.717, 1.165) is 11.1 Å². The Bertz CT molecular complexity index is 1290. The van der Waals surface area contributed by atoms with Gasteiger partial charge in [0.1, 0.15) is 16.5 Å². The Morgan fingerprint density at radius 1 is 1.09 bits per heavy atom. The summed E-state index contributed by atoms with van der Waals surface area (Å²) in [5, 5.41) is 12.3. The lowest BCUT2D eigenvalue weighted by Crippen LogP contribution is -2.35. The van der Waals surface area contributed by atoms with Gasteiger partial charge in [0, 0.05) is 24.6 Å². The maximum absolute atomic E-state index is 12.7. The van der Waals surface area contributed by atoms with Crippen molar-refractivity contribution in [3.05, 3.63) is 87.4 Å². The minimum absolute atomic E-state index is 0.0162. The number of aromatic nitrogens is 1. The molecule has 5 rings (SSSR count). The minimum Gasteiger partial charge on any atom is -0.478 e. The number of nitrogens with one attached hydrogen (secondary N) is 1. The predicted molar refractivity (Wildman–Crippen MR) is 130 cm³/mol. The van der Waals surface area contributed by atoms with E-state index in [2.05, 4.69) is 34.6 Å². The zero-order valence-corrected chi connectivity index (χ0v) is 19.6. The number of alkyl carbamates (subject to hydrolysis) is 1. The van der Waals surface area contributed by atoms with E-state index < -0.39 is 12.1 Å². The van der Waals surface area contributed by atoms with Crippen LogP contribution in [-0.2, 0) is 16.1 Å². The van der Waals surface area contributed by atoms with Crippen LogP contribution in [-0.4, -0.2) is 52.7 Å². The topological polar surface area (TPSA) is 109 Å². The Labute approximate surface area is 205 Å². The summed E-state index contributed by atoms with van der Waals surface area (Å²) in [6.07, 6.45) is 2.82. The Morgan fingerprint density at radius 2 is 1.77 bits per heavy atom. The highest BCUT2D eigenvalue weighted by molar-refractivity contribution is 7.13. The van der Waals surface area contributed by atoms with E-state index in [1.165, 1.54) is 28.7 Å². The van der Waals surface area contributed by atoms with Crippen molar-refractivity contribution in [2.75, 3.05) is 19.7 Å². The van der Waals surface area contributed by atoms with Gasteiger partial charge in [-0.2, -0.15) is 0 Å². The summed E-state index contributed by atoms with van der Waals surface area (Å²) in [6, 6.07) is 16.3. The highest BCUT2D eigenvalue weighted by atomic mass is 32.1. The first-order chi connectivity index (χ1) is 17.0. The van der Waals surface area contributed by atoms with Crippen molar-refractivity contribution in [1.82, 2.24) is 15.2 Å². The fraction of sp³-hybridized carbons (Fsp3) is 0.231. The number of hydrogen-bond acceptors (Lipinski definition) is 6. The summed E-state index contributed by atoms with van der Waals surface area (Å²) in [7, 11) is 0. The molecule has 9 heteroatoms. The van der Waals surface area contributed by atoms with Crippen molar-refractivity contribution in [3.63, 3.8) is 0 Å². The number of hydrogen-bond donors (Lipinski definition) is 2. The molecule has 2 aromatic carbocycles. The molecule has 0 bridgehead atoms. The molecule has 0 spiro atoms. The van der Waals surface area contributed by atoms with Gasteiger partial charge in [0.15, 0.2) is 0 Å². The van der Waals surface area contributed by atoms with Crippen LogP contribution in [0.5, 0.6) is 0 Å². The summed E-state index contributed by atoms with van der Waals surface area (Å²) >= 11 is 1.20. The first-order valence-electron chi connectivity index (χ1n) is 11.3. The van der Waals surface area contributed by atoms with E-state index in [0.29, 0.717) is 28.4 Å². The molecule has 2 amide bonds. The Hall–Kier alpha value is -3.98. The van der Waals surface area contributed by atoms with Crippen LogP contribution in [0.3, 0.4) is 0 Å². The zero-order chi connectivity index (χ0) is 24.4. The molecule has 1 aromatic heterocycles. The van der Waals surface area contributed by atoms with Gasteiger partial charge in [0.05, 0.1) is 12.7 Å². The van der Waals surface area contributed by atoms with Crippen molar-refractivity contribution < 1.29 is 24.2 Å². The molecule has 2 heterocycles. The molecular formula is C26H23N3O5S. The van der Waals surface area contributed by atoms with E-state index in [1.807, 2.05) is 24.3 Å². The van der Waals surface area contributed by atoms with Crippen LogP contribution in [0, 0.1) is 0 Å². The number of rotatable bonds is 6. The van der Waals surface area contributed by atoms with Gasteiger partial charge < -0.3 is 20.1 Å².